The summed E-state index contributed by atoms with van der Waals surface area (Å²) in [4.78, 5) is 2.45. The van der Waals surface area contributed by atoms with E-state index in [1.807, 2.05) is 6.07 Å². The second kappa shape index (κ2) is 5.65. The summed E-state index contributed by atoms with van der Waals surface area (Å²) >= 11 is 0. The van der Waals surface area contributed by atoms with E-state index in [1.54, 1.807) is 0 Å². The zero-order chi connectivity index (χ0) is 12.3. The smallest absolute Gasteiger partial charge is 0.0452 e. The Morgan fingerprint density at radius 2 is 1.94 bits per heavy atom. The maximum Gasteiger partial charge on any atom is 0.0452 e. The van der Waals surface area contributed by atoms with Crippen molar-refractivity contribution in [2.45, 2.75) is 38.3 Å². The molecular formula is C15H24N2. The lowest BCUT2D eigenvalue weighted by Crippen LogP contribution is -2.41. The molecule has 2 atom stereocenters. The number of nitrogens with zero attached hydrogens (tertiary/aromatic N) is 1. The molecule has 94 valence electrons. The molecule has 0 heterocycles. The molecule has 1 fully saturated rings. The van der Waals surface area contributed by atoms with Crippen LogP contribution < -0.4 is 5.73 Å². The highest BCUT2D eigenvalue weighted by molar-refractivity contribution is 5.20. The molecule has 0 aliphatic heterocycles. The Bertz CT molecular complexity index is 332. The Hall–Kier alpha value is -0.860. The predicted molar refractivity (Wildman–Crippen MR) is 72.8 cm³/mol. The van der Waals surface area contributed by atoms with Crippen LogP contribution in [-0.4, -0.2) is 24.5 Å². The zero-order valence-electron chi connectivity index (χ0n) is 11.0. The van der Waals surface area contributed by atoms with E-state index < -0.39 is 0 Å². The maximum absolute atomic E-state index is 6.41. The molecule has 17 heavy (non-hydrogen) atoms. The number of benzene rings is 1. The van der Waals surface area contributed by atoms with Gasteiger partial charge in [0.2, 0.25) is 0 Å². The van der Waals surface area contributed by atoms with Crippen LogP contribution in [0, 0.1) is 5.92 Å². The van der Waals surface area contributed by atoms with Crippen LogP contribution in [0.4, 0.5) is 0 Å². The molecule has 1 aromatic rings. The topological polar surface area (TPSA) is 29.3 Å². The maximum atomic E-state index is 6.41. The Morgan fingerprint density at radius 3 is 2.47 bits per heavy atom. The lowest BCUT2D eigenvalue weighted by Gasteiger charge is -2.32. The van der Waals surface area contributed by atoms with E-state index in [9.17, 15) is 0 Å². The van der Waals surface area contributed by atoms with Gasteiger partial charge in [0, 0.05) is 18.6 Å². The summed E-state index contributed by atoms with van der Waals surface area (Å²) in [5.74, 6) is 0.928. The fourth-order valence-corrected chi connectivity index (χ4v) is 2.58. The summed E-state index contributed by atoms with van der Waals surface area (Å²) < 4.78 is 0. The fourth-order valence-electron chi connectivity index (χ4n) is 2.58. The van der Waals surface area contributed by atoms with Crippen LogP contribution in [0.15, 0.2) is 30.3 Å². The van der Waals surface area contributed by atoms with Gasteiger partial charge in [-0.2, -0.15) is 0 Å². The van der Waals surface area contributed by atoms with Crippen molar-refractivity contribution in [3.05, 3.63) is 35.9 Å². The molecule has 0 bridgehead atoms. The summed E-state index contributed by atoms with van der Waals surface area (Å²) in [5, 5.41) is 0. The highest BCUT2D eigenvalue weighted by Crippen LogP contribution is 2.31. The Kier molecular flexibility index (Phi) is 4.19. The minimum atomic E-state index is 0.130. The Morgan fingerprint density at radius 1 is 1.29 bits per heavy atom. The molecule has 2 nitrogen and oxygen atoms in total. The van der Waals surface area contributed by atoms with Crippen LogP contribution in [0.5, 0.6) is 0 Å². The number of hydrogen-bond donors (Lipinski definition) is 1. The standard InChI is InChI=1S/C15H24N2/c1-3-14(17(2)11-12-9-10-12)15(16)13-7-5-4-6-8-13/h4-8,12,14-15H,3,9-11,16H2,1-2H3. The summed E-state index contributed by atoms with van der Waals surface area (Å²) in [6, 6.07) is 11.1. The van der Waals surface area contributed by atoms with Crippen molar-refractivity contribution in [3.8, 4) is 0 Å². The van der Waals surface area contributed by atoms with Gasteiger partial charge in [0.1, 0.15) is 0 Å². The molecule has 0 saturated heterocycles. The van der Waals surface area contributed by atoms with Crippen molar-refractivity contribution in [1.82, 2.24) is 4.90 Å². The monoisotopic (exact) mass is 232 g/mol. The number of likely N-dealkylation sites (N-methyl/N-ethyl adjacent to an activating group) is 1. The van der Waals surface area contributed by atoms with Crippen LogP contribution >= 0.6 is 0 Å². The normalized spacial score (nSPS) is 19.3. The van der Waals surface area contributed by atoms with Gasteiger partial charge in [-0.25, -0.2) is 0 Å². The molecule has 2 rings (SSSR count). The second-order valence-electron chi connectivity index (χ2n) is 5.30. The Labute approximate surface area is 105 Å². The van der Waals surface area contributed by atoms with Crippen LogP contribution in [0.3, 0.4) is 0 Å². The van der Waals surface area contributed by atoms with Crippen molar-refractivity contribution in [2.75, 3.05) is 13.6 Å². The third kappa shape index (κ3) is 3.30. The lowest BCUT2D eigenvalue weighted by molar-refractivity contribution is 0.197. The van der Waals surface area contributed by atoms with Gasteiger partial charge in [-0.3, -0.25) is 0 Å². The van der Waals surface area contributed by atoms with E-state index in [-0.39, 0.29) is 6.04 Å². The van der Waals surface area contributed by atoms with E-state index in [0.717, 1.165) is 12.3 Å². The van der Waals surface area contributed by atoms with Crippen molar-refractivity contribution >= 4 is 0 Å². The molecule has 0 amide bonds. The summed E-state index contributed by atoms with van der Waals surface area (Å²) in [7, 11) is 2.22. The first kappa shape index (κ1) is 12.6. The zero-order valence-corrected chi connectivity index (χ0v) is 11.0. The van der Waals surface area contributed by atoms with E-state index in [1.165, 1.54) is 24.9 Å². The highest BCUT2D eigenvalue weighted by atomic mass is 15.1. The molecule has 1 aliphatic rings. The Balaban J connectivity index is 2.01. The van der Waals surface area contributed by atoms with E-state index in [2.05, 4.69) is 43.1 Å². The third-order valence-corrected chi connectivity index (χ3v) is 3.83. The second-order valence-corrected chi connectivity index (χ2v) is 5.30. The van der Waals surface area contributed by atoms with Gasteiger partial charge in [0.05, 0.1) is 0 Å². The van der Waals surface area contributed by atoms with E-state index in [0.29, 0.717) is 6.04 Å². The van der Waals surface area contributed by atoms with Crippen LogP contribution in [0.1, 0.15) is 37.8 Å². The van der Waals surface area contributed by atoms with Gasteiger partial charge < -0.3 is 10.6 Å². The van der Waals surface area contributed by atoms with Crippen LogP contribution in [0.2, 0.25) is 0 Å². The number of hydrogen-bond acceptors (Lipinski definition) is 2. The van der Waals surface area contributed by atoms with Gasteiger partial charge >= 0.3 is 0 Å². The van der Waals surface area contributed by atoms with Crippen molar-refractivity contribution in [3.63, 3.8) is 0 Å². The third-order valence-electron chi connectivity index (χ3n) is 3.83. The van der Waals surface area contributed by atoms with E-state index in [4.69, 9.17) is 5.73 Å². The van der Waals surface area contributed by atoms with Crippen molar-refractivity contribution in [2.24, 2.45) is 11.7 Å². The SMILES string of the molecule is CCC(C(N)c1ccccc1)N(C)CC1CC1. The molecule has 1 saturated carbocycles. The summed E-state index contributed by atoms with van der Waals surface area (Å²) in [5.41, 5.74) is 7.66. The predicted octanol–water partition coefficient (Wildman–Crippen LogP) is 2.81. The van der Waals surface area contributed by atoms with Crippen molar-refractivity contribution in [1.29, 1.82) is 0 Å². The minimum Gasteiger partial charge on any atom is -0.323 e. The summed E-state index contributed by atoms with van der Waals surface area (Å²) in [6.07, 6.45) is 3.92. The van der Waals surface area contributed by atoms with Gasteiger partial charge in [-0.15, -0.1) is 0 Å². The average Bonchev–Trinajstić information content (AvgIpc) is 3.15. The van der Waals surface area contributed by atoms with Crippen LogP contribution in [0.25, 0.3) is 0 Å². The largest absolute Gasteiger partial charge is 0.323 e. The van der Waals surface area contributed by atoms with Gasteiger partial charge in [-0.1, -0.05) is 37.3 Å². The molecule has 2 heteroatoms. The quantitative estimate of drug-likeness (QED) is 0.817. The fraction of sp³-hybridized carbons (Fsp3) is 0.600. The number of nitrogens with two attached hydrogens (primary N) is 1. The van der Waals surface area contributed by atoms with Gasteiger partial charge in [0.25, 0.3) is 0 Å². The number of rotatable bonds is 6. The van der Waals surface area contributed by atoms with Crippen LogP contribution in [-0.2, 0) is 0 Å². The molecule has 0 radical (unpaired) electrons. The van der Waals surface area contributed by atoms with Gasteiger partial charge in [0.15, 0.2) is 0 Å². The first-order valence-electron chi connectivity index (χ1n) is 6.73. The molecule has 0 spiro atoms. The molecule has 2 unspecified atom stereocenters. The summed E-state index contributed by atoms with van der Waals surface area (Å²) in [6.45, 7) is 3.44. The van der Waals surface area contributed by atoms with E-state index >= 15 is 0 Å². The lowest BCUT2D eigenvalue weighted by atomic mass is 9.97. The van der Waals surface area contributed by atoms with Gasteiger partial charge in [-0.05, 0) is 37.8 Å². The minimum absolute atomic E-state index is 0.130. The molecule has 1 aliphatic carbocycles. The average molecular weight is 232 g/mol. The molecule has 0 aromatic heterocycles. The molecule has 2 N–H and O–H groups in total. The van der Waals surface area contributed by atoms with Crippen molar-refractivity contribution < 1.29 is 0 Å². The molecule has 1 aromatic carbocycles. The highest BCUT2D eigenvalue weighted by Gasteiger charge is 2.28. The molecular weight excluding hydrogens is 208 g/mol. The first-order chi connectivity index (χ1) is 8.22. The first-order valence-corrected chi connectivity index (χ1v) is 6.73.